The van der Waals surface area contributed by atoms with Crippen LogP contribution in [0.4, 0.5) is 12.0 Å². The molecule has 2 fully saturated rings. The Morgan fingerprint density at radius 1 is 1.23 bits per heavy atom. The molecule has 2 aliphatic rings. The van der Waals surface area contributed by atoms with E-state index < -0.39 is 0 Å². The lowest BCUT2D eigenvalue weighted by Crippen LogP contribution is -2.52. The van der Waals surface area contributed by atoms with Gasteiger partial charge in [0.05, 0.1) is 18.0 Å². The van der Waals surface area contributed by atoms with Gasteiger partial charge in [0.25, 0.3) is 0 Å². The fourth-order valence-corrected chi connectivity index (χ4v) is 3.63. The second kappa shape index (κ2) is 8.18. The molecular weight excluding hydrogens is 396 g/mol. The van der Waals surface area contributed by atoms with Crippen LogP contribution in [0.2, 0.25) is 0 Å². The van der Waals surface area contributed by atoms with Gasteiger partial charge in [-0.2, -0.15) is 10.2 Å². The van der Waals surface area contributed by atoms with Crippen molar-refractivity contribution in [3.63, 3.8) is 0 Å². The molecule has 1 saturated heterocycles. The number of pyridine rings is 1. The molecule has 0 spiro atoms. The maximum atomic E-state index is 9.15. The van der Waals surface area contributed by atoms with Crippen LogP contribution in [-0.2, 0) is 6.61 Å². The number of ether oxygens (including phenoxy) is 1. The van der Waals surface area contributed by atoms with Gasteiger partial charge in [0.1, 0.15) is 12.7 Å². The summed E-state index contributed by atoms with van der Waals surface area (Å²) in [6, 6.07) is 4.67. The average Bonchev–Trinajstić information content (AvgIpc) is 3.54. The number of hydrogen-bond acceptors (Lipinski definition) is 10. The minimum Gasteiger partial charge on any atom is -0.486 e. The average molecular weight is 418 g/mol. The number of piperazine rings is 1. The van der Waals surface area contributed by atoms with Gasteiger partial charge in [-0.05, 0) is 25.8 Å². The zero-order chi connectivity index (χ0) is 21.2. The lowest BCUT2D eigenvalue weighted by Gasteiger charge is -2.38. The van der Waals surface area contributed by atoms with Crippen molar-refractivity contribution in [2.45, 2.75) is 38.3 Å². The summed E-state index contributed by atoms with van der Waals surface area (Å²) < 4.78 is 11.2. The lowest BCUT2D eigenvalue weighted by molar-refractivity contribution is 0.303. The fraction of sp³-hybridized carbons (Fsp3) is 0.429. The molecular formula is C21H22N8O2. The van der Waals surface area contributed by atoms with Crippen molar-refractivity contribution >= 4 is 12.0 Å². The Hall–Kier alpha value is -3.74. The predicted octanol–water partition coefficient (Wildman–Crippen LogP) is 2.30. The fourth-order valence-electron chi connectivity index (χ4n) is 3.63. The Bertz CT molecular complexity index is 1090. The zero-order valence-electron chi connectivity index (χ0n) is 17.2. The quantitative estimate of drug-likeness (QED) is 0.590. The highest BCUT2D eigenvalue weighted by atomic mass is 16.5. The number of nitrogens with zero attached hydrogens (tertiary/aromatic N) is 8. The van der Waals surface area contributed by atoms with Crippen LogP contribution in [0, 0.1) is 11.3 Å². The molecule has 0 unspecified atom stereocenters. The standard InChI is InChI=1S/C21H22N8O2/c1-14-12-28(21-26-19(27-31-21)15-2-3-15)6-7-29(14)20-24-10-18(11-25-20)30-13-16-4-5-23-9-17(16)8-22/h4-5,9-11,14-15H,2-3,6-7,12-13H2,1H3/t14-/m1/s1. The second-order valence-electron chi connectivity index (χ2n) is 7.85. The summed E-state index contributed by atoms with van der Waals surface area (Å²) in [4.78, 5) is 21.8. The van der Waals surface area contributed by atoms with Crippen LogP contribution in [0.1, 0.15) is 42.6 Å². The summed E-state index contributed by atoms with van der Waals surface area (Å²) in [6.07, 6.45) is 8.80. The molecule has 3 aromatic rings. The van der Waals surface area contributed by atoms with E-state index in [1.165, 1.54) is 6.20 Å². The first-order chi connectivity index (χ1) is 15.2. The lowest BCUT2D eigenvalue weighted by atomic mass is 10.2. The zero-order valence-corrected chi connectivity index (χ0v) is 17.2. The summed E-state index contributed by atoms with van der Waals surface area (Å²) in [5.41, 5.74) is 1.27. The summed E-state index contributed by atoms with van der Waals surface area (Å²) in [7, 11) is 0. The smallest absolute Gasteiger partial charge is 0.324 e. The Kier molecular flexibility index (Phi) is 5.08. The largest absolute Gasteiger partial charge is 0.486 e. The molecule has 4 heterocycles. The third-order valence-corrected chi connectivity index (χ3v) is 5.57. The summed E-state index contributed by atoms with van der Waals surface area (Å²) >= 11 is 0. The van der Waals surface area contributed by atoms with Gasteiger partial charge in [0.15, 0.2) is 11.6 Å². The topological polar surface area (TPSA) is 117 Å². The van der Waals surface area contributed by atoms with E-state index >= 15 is 0 Å². The van der Waals surface area contributed by atoms with E-state index in [-0.39, 0.29) is 12.6 Å². The molecule has 158 valence electrons. The van der Waals surface area contributed by atoms with Crippen molar-refractivity contribution in [1.82, 2.24) is 25.1 Å². The van der Waals surface area contributed by atoms with E-state index in [2.05, 4.69) is 47.9 Å². The van der Waals surface area contributed by atoms with E-state index in [4.69, 9.17) is 14.5 Å². The molecule has 0 N–H and O–H groups in total. The van der Waals surface area contributed by atoms with Crippen LogP contribution in [0.5, 0.6) is 5.75 Å². The van der Waals surface area contributed by atoms with E-state index in [9.17, 15) is 0 Å². The first-order valence-corrected chi connectivity index (χ1v) is 10.3. The van der Waals surface area contributed by atoms with Crippen LogP contribution in [0.25, 0.3) is 0 Å². The maximum absolute atomic E-state index is 9.15. The van der Waals surface area contributed by atoms with Crippen molar-refractivity contribution in [2.75, 3.05) is 29.4 Å². The molecule has 0 radical (unpaired) electrons. The van der Waals surface area contributed by atoms with Gasteiger partial charge in [0.2, 0.25) is 5.95 Å². The monoisotopic (exact) mass is 418 g/mol. The minimum absolute atomic E-state index is 0.187. The van der Waals surface area contributed by atoms with Crippen LogP contribution in [0.15, 0.2) is 35.4 Å². The van der Waals surface area contributed by atoms with Gasteiger partial charge in [-0.15, -0.1) is 0 Å². The molecule has 1 aliphatic heterocycles. The number of rotatable bonds is 6. The molecule has 3 aromatic heterocycles. The highest BCUT2D eigenvalue weighted by molar-refractivity contribution is 5.39. The summed E-state index contributed by atoms with van der Waals surface area (Å²) in [5, 5.41) is 13.3. The van der Waals surface area contributed by atoms with Gasteiger partial charge in [-0.1, -0.05) is 5.16 Å². The third-order valence-electron chi connectivity index (χ3n) is 5.57. The van der Waals surface area contributed by atoms with Crippen molar-refractivity contribution in [1.29, 1.82) is 5.26 Å². The molecule has 5 rings (SSSR count). The molecule has 1 atom stereocenters. The molecule has 10 nitrogen and oxygen atoms in total. The highest BCUT2D eigenvalue weighted by Crippen LogP contribution is 2.39. The number of hydrogen-bond donors (Lipinski definition) is 0. The molecule has 0 amide bonds. The Morgan fingerprint density at radius 2 is 2.06 bits per heavy atom. The molecule has 10 heteroatoms. The molecule has 31 heavy (non-hydrogen) atoms. The van der Waals surface area contributed by atoms with Crippen LogP contribution in [0.3, 0.4) is 0 Å². The molecule has 0 bridgehead atoms. The van der Waals surface area contributed by atoms with Crippen molar-refractivity contribution in [3.05, 3.63) is 47.8 Å². The molecule has 1 saturated carbocycles. The highest BCUT2D eigenvalue weighted by Gasteiger charge is 2.32. The van der Waals surface area contributed by atoms with Gasteiger partial charge in [-0.3, -0.25) is 4.98 Å². The van der Waals surface area contributed by atoms with Gasteiger partial charge >= 0.3 is 6.01 Å². The summed E-state index contributed by atoms with van der Waals surface area (Å²) in [5.74, 6) is 2.52. The van der Waals surface area contributed by atoms with E-state index in [1.807, 2.05) is 0 Å². The second-order valence-corrected chi connectivity index (χ2v) is 7.85. The Balaban J connectivity index is 1.19. The van der Waals surface area contributed by atoms with Crippen molar-refractivity contribution in [3.8, 4) is 11.8 Å². The number of anilines is 2. The van der Waals surface area contributed by atoms with Crippen LogP contribution in [-0.4, -0.2) is 50.8 Å². The van der Waals surface area contributed by atoms with Crippen LogP contribution >= 0.6 is 0 Å². The van der Waals surface area contributed by atoms with Crippen molar-refractivity contribution < 1.29 is 9.26 Å². The summed E-state index contributed by atoms with van der Waals surface area (Å²) in [6.45, 7) is 4.66. The Morgan fingerprint density at radius 3 is 2.81 bits per heavy atom. The number of aromatic nitrogens is 5. The van der Waals surface area contributed by atoms with E-state index in [0.717, 1.165) is 43.9 Å². The molecule has 1 aliphatic carbocycles. The van der Waals surface area contributed by atoms with E-state index in [1.54, 1.807) is 24.7 Å². The van der Waals surface area contributed by atoms with Gasteiger partial charge in [0, 0.05) is 49.6 Å². The maximum Gasteiger partial charge on any atom is 0.324 e. The number of nitriles is 1. The predicted molar refractivity (Wildman–Crippen MR) is 111 cm³/mol. The third kappa shape index (κ3) is 4.12. The van der Waals surface area contributed by atoms with E-state index in [0.29, 0.717) is 29.2 Å². The van der Waals surface area contributed by atoms with Crippen molar-refractivity contribution in [2.24, 2.45) is 0 Å². The first kappa shape index (κ1) is 19.2. The SMILES string of the molecule is C[C@@H]1CN(c2nc(C3CC3)no2)CCN1c1ncc(OCc2ccncc2C#N)cn1. The first-order valence-electron chi connectivity index (χ1n) is 10.3. The van der Waals surface area contributed by atoms with Gasteiger partial charge < -0.3 is 19.1 Å². The minimum atomic E-state index is 0.187. The normalized spacial score (nSPS) is 18.6. The Labute approximate surface area is 179 Å². The van der Waals surface area contributed by atoms with Crippen LogP contribution < -0.4 is 14.5 Å². The molecule has 0 aromatic carbocycles. The van der Waals surface area contributed by atoms with Gasteiger partial charge in [-0.25, -0.2) is 9.97 Å².